The van der Waals surface area contributed by atoms with E-state index < -0.39 is 0 Å². The second-order valence-corrected chi connectivity index (χ2v) is 6.44. The normalized spacial score (nSPS) is 34.8. The van der Waals surface area contributed by atoms with Crippen molar-refractivity contribution in [3.8, 4) is 0 Å². The summed E-state index contributed by atoms with van der Waals surface area (Å²) in [5.74, 6) is 0.429. The molecule has 0 aromatic rings. The molecule has 1 aliphatic heterocycles. The van der Waals surface area contributed by atoms with Crippen molar-refractivity contribution in [2.45, 2.75) is 70.7 Å². The van der Waals surface area contributed by atoms with Crippen LogP contribution in [0, 0.1) is 5.92 Å². The number of carbonyl (C=O) groups excluding carboxylic acids is 2. The number of hydrogen-bond donors (Lipinski definition) is 1. The van der Waals surface area contributed by atoms with Crippen molar-refractivity contribution >= 4 is 11.8 Å². The van der Waals surface area contributed by atoms with Gasteiger partial charge >= 0.3 is 0 Å². The first-order valence-corrected chi connectivity index (χ1v) is 7.59. The number of piperazine rings is 1. The maximum absolute atomic E-state index is 12.7. The van der Waals surface area contributed by atoms with Crippen LogP contribution < -0.4 is 5.32 Å². The van der Waals surface area contributed by atoms with Gasteiger partial charge in [-0.2, -0.15) is 0 Å². The minimum absolute atomic E-state index is 0.0314. The molecule has 2 aliphatic rings. The van der Waals surface area contributed by atoms with Crippen LogP contribution >= 0.6 is 0 Å². The molecule has 1 heterocycles. The fraction of sp³-hybridized carbons (Fsp3) is 0.867. The van der Waals surface area contributed by atoms with Crippen molar-refractivity contribution in [3.05, 3.63) is 0 Å². The van der Waals surface area contributed by atoms with Gasteiger partial charge in [0.2, 0.25) is 11.8 Å². The van der Waals surface area contributed by atoms with E-state index >= 15 is 0 Å². The summed E-state index contributed by atoms with van der Waals surface area (Å²) < 4.78 is 5.38. The lowest BCUT2D eigenvalue weighted by molar-refractivity contribution is -0.151. The van der Waals surface area contributed by atoms with Gasteiger partial charge in [0, 0.05) is 13.2 Å². The lowest BCUT2D eigenvalue weighted by Crippen LogP contribution is -2.64. The fourth-order valence-electron chi connectivity index (χ4n) is 3.36. The molecule has 1 N–H and O–H groups in total. The van der Waals surface area contributed by atoms with E-state index in [2.05, 4.69) is 19.2 Å². The zero-order valence-corrected chi connectivity index (χ0v) is 12.9. The minimum Gasteiger partial charge on any atom is -0.381 e. The smallest absolute Gasteiger partial charge is 0.246 e. The summed E-state index contributed by atoms with van der Waals surface area (Å²) in [7, 11) is 1.71. The molecule has 0 aromatic carbocycles. The van der Waals surface area contributed by atoms with Gasteiger partial charge in [-0.15, -0.1) is 0 Å². The number of rotatable bonds is 4. The van der Waals surface area contributed by atoms with E-state index in [0.717, 1.165) is 19.3 Å². The molecule has 4 atom stereocenters. The third kappa shape index (κ3) is 2.97. The van der Waals surface area contributed by atoms with Crippen molar-refractivity contribution in [2.75, 3.05) is 7.11 Å². The summed E-state index contributed by atoms with van der Waals surface area (Å²) in [6.07, 6.45) is 3.65. The quantitative estimate of drug-likeness (QED) is 0.846. The molecule has 1 saturated carbocycles. The Labute approximate surface area is 121 Å². The highest BCUT2D eigenvalue weighted by Crippen LogP contribution is 2.30. The van der Waals surface area contributed by atoms with Crippen molar-refractivity contribution in [1.29, 1.82) is 0 Å². The van der Waals surface area contributed by atoms with Gasteiger partial charge in [0.1, 0.15) is 12.1 Å². The molecule has 0 spiro atoms. The van der Waals surface area contributed by atoms with Crippen molar-refractivity contribution in [1.82, 2.24) is 10.2 Å². The summed E-state index contributed by atoms with van der Waals surface area (Å²) in [5, 5.41) is 2.86. The van der Waals surface area contributed by atoms with Crippen LogP contribution in [0.25, 0.3) is 0 Å². The lowest BCUT2D eigenvalue weighted by Gasteiger charge is -2.41. The van der Waals surface area contributed by atoms with E-state index in [9.17, 15) is 9.59 Å². The monoisotopic (exact) mass is 282 g/mol. The first-order chi connectivity index (χ1) is 9.43. The molecule has 2 fully saturated rings. The third-order valence-electron chi connectivity index (χ3n) is 4.46. The largest absolute Gasteiger partial charge is 0.381 e. The molecule has 1 aliphatic carbocycles. The summed E-state index contributed by atoms with van der Waals surface area (Å²) in [4.78, 5) is 26.6. The van der Waals surface area contributed by atoms with Gasteiger partial charge in [0.15, 0.2) is 0 Å². The Morgan fingerprint density at radius 1 is 1.35 bits per heavy atom. The highest BCUT2D eigenvalue weighted by Gasteiger charge is 2.43. The molecule has 2 rings (SSSR count). The number of hydrogen-bond acceptors (Lipinski definition) is 3. The fourth-order valence-corrected chi connectivity index (χ4v) is 3.36. The molecule has 114 valence electrons. The molecule has 1 saturated heterocycles. The zero-order valence-electron chi connectivity index (χ0n) is 12.9. The second-order valence-electron chi connectivity index (χ2n) is 6.44. The van der Waals surface area contributed by atoms with Crippen LogP contribution in [0.5, 0.6) is 0 Å². The second kappa shape index (κ2) is 6.12. The van der Waals surface area contributed by atoms with Gasteiger partial charge in [-0.05, 0) is 38.5 Å². The molecule has 5 heteroatoms. The Hall–Kier alpha value is -1.10. The first kappa shape index (κ1) is 15.3. The Morgan fingerprint density at radius 2 is 2.05 bits per heavy atom. The molecule has 0 aromatic heterocycles. The van der Waals surface area contributed by atoms with Gasteiger partial charge in [0.25, 0.3) is 0 Å². The Bertz CT molecular complexity index is 383. The topological polar surface area (TPSA) is 58.6 Å². The van der Waals surface area contributed by atoms with Crippen LogP contribution in [0.1, 0.15) is 46.5 Å². The van der Waals surface area contributed by atoms with Gasteiger partial charge < -0.3 is 15.0 Å². The summed E-state index contributed by atoms with van der Waals surface area (Å²) >= 11 is 0. The predicted molar refractivity (Wildman–Crippen MR) is 76.1 cm³/mol. The Kier molecular flexibility index (Phi) is 4.68. The van der Waals surface area contributed by atoms with E-state index in [1.165, 1.54) is 0 Å². The molecule has 4 unspecified atom stereocenters. The SMILES string of the molecule is COC1CCC(N2C(=O)C(CC(C)C)NC(=O)C2C)C1. The summed E-state index contributed by atoms with van der Waals surface area (Å²) in [6, 6.07) is -0.588. The Balaban J connectivity index is 2.12. The van der Waals surface area contributed by atoms with E-state index in [-0.39, 0.29) is 36.0 Å². The zero-order chi connectivity index (χ0) is 14.9. The number of carbonyl (C=O) groups is 2. The van der Waals surface area contributed by atoms with Gasteiger partial charge in [-0.1, -0.05) is 13.8 Å². The van der Waals surface area contributed by atoms with Crippen LogP contribution in [0.3, 0.4) is 0 Å². The molecule has 5 nitrogen and oxygen atoms in total. The van der Waals surface area contributed by atoms with Crippen molar-refractivity contribution < 1.29 is 14.3 Å². The maximum Gasteiger partial charge on any atom is 0.246 e. The van der Waals surface area contributed by atoms with Crippen molar-refractivity contribution in [3.63, 3.8) is 0 Å². The minimum atomic E-state index is -0.369. The van der Waals surface area contributed by atoms with Gasteiger partial charge in [0.05, 0.1) is 6.10 Å². The summed E-state index contributed by atoms with van der Waals surface area (Å²) in [6.45, 7) is 5.95. The molecule has 0 bridgehead atoms. The molecule has 2 amide bonds. The number of amides is 2. The average Bonchev–Trinajstić information content (AvgIpc) is 2.84. The van der Waals surface area contributed by atoms with Crippen LogP contribution in [-0.4, -0.2) is 48.1 Å². The van der Waals surface area contributed by atoms with E-state index in [4.69, 9.17) is 4.74 Å². The highest BCUT2D eigenvalue weighted by atomic mass is 16.5. The highest BCUT2D eigenvalue weighted by molar-refractivity contribution is 5.96. The van der Waals surface area contributed by atoms with Crippen LogP contribution in [0.15, 0.2) is 0 Å². The maximum atomic E-state index is 12.7. The molecular formula is C15H26N2O3. The van der Waals surface area contributed by atoms with Crippen molar-refractivity contribution in [2.24, 2.45) is 5.92 Å². The van der Waals surface area contributed by atoms with Crippen LogP contribution in [-0.2, 0) is 14.3 Å². The third-order valence-corrected chi connectivity index (χ3v) is 4.46. The molecule has 20 heavy (non-hydrogen) atoms. The first-order valence-electron chi connectivity index (χ1n) is 7.59. The van der Waals surface area contributed by atoms with E-state index in [1.54, 1.807) is 7.11 Å². The predicted octanol–water partition coefficient (Wildman–Crippen LogP) is 1.32. The number of nitrogens with zero attached hydrogens (tertiary/aromatic N) is 1. The molecule has 0 radical (unpaired) electrons. The van der Waals surface area contributed by atoms with E-state index in [1.807, 2.05) is 11.8 Å². The van der Waals surface area contributed by atoms with Gasteiger partial charge in [-0.3, -0.25) is 9.59 Å². The summed E-state index contributed by atoms with van der Waals surface area (Å²) in [5.41, 5.74) is 0. The molecular weight excluding hydrogens is 256 g/mol. The number of nitrogens with one attached hydrogen (secondary N) is 1. The van der Waals surface area contributed by atoms with E-state index in [0.29, 0.717) is 12.3 Å². The van der Waals surface area contributed by atoms with Crippen LogP contribution in [0.4, 0.5) is 0 Å². The number of ether oxygens (including phenoxy) is 1. The Morgan fingerprint density at radius 3 is 2.60 bits per heavy atom. The lowest BCUT2D eigenvalue weighted by atomic mass is 9.97. The number of methoxy groups -OCH3 is 1. The standard InChI is InChI=1S/C15H26N2O3/c1-9(2)7-13-15(19)17(10(3)14(18)16-13)11-5-6-12(8-11)20-4/h9-13H,5-8H2,1-4H3,(H,16,18). The van der Waals surface area contributed by atoms with Gasteiger partial charge in [-0.25, -0.2) is 0 Å². The average molecular weight is 282 g/mol. The van der Waals surface area contributed by atoms with Crippen LogP contribution in [0.2, 0.25) is 0 Å².